The van der Waals surface area contributed by atoms with E-state index in [9.17, 15) is 4.79 Å². The van der Waals surface area contributed by atoms with Crippen LogP contribution in [0.5, 0.6) is 0 Å². The molecule has 5 heteroatoms. The molecule has 2 unspecified atom stereocenters. The predicted octanol–water partition coefficient (Wildman–Crippen LogP) is -0.569. The summed E-state index contributed by atoms with van der Waals surface area (Å²) >= 11 is 0. The number of nitrogens with zero attached hydrogens (tertiary/aromatic N) is 1. The zero-order valence-corrected chi connectivity index (χ0v) is 10.5. The van der Waals surface area contributed by atoms with Gasteiger partial charge in [-0.3, -0.25) is 9.69 Å². The molecule has 1 rings (SSSR count). The average Bonchev–Trinajstić information content (AvgIpc) is 2.29. The van der Waals surface area contributed by atoms with Gasteiger partial charge in [0.15, 0.2) is 0 Å². The lowest BCUT2D eigenvalue weighted by molar-refractivity contribution is -0.127. The summed E-state index contributed by atoms with van der Waals surface area (Å²) in [7, 11) is 1.63. The highest BCUT2D eigenvalue weighted by Gasteiger charge is 2.27. The van der Waals surface area contributed by atoms with Gasteiger partial charge in [-0.1, -0.05) is 0 Å². The van der Waals surface area contributed by atoms with E-state index in [1.807, 2.05) is 6.92 Å². The average molecular weight is 229 g/mol. The topological polar surface area (TPSA) is 53.6 Å². The molecule has 2 N–H and O–H groups in total. The van der Waals surface area contributed by atoms with Gasteiger partial charge in [-0.2, -0.15) is 0 Å². The Bertz CT molecular complexity index is 223. The van der Waals surface area contributed by atoms with Crippen molar-refractivity contribution in [3.05, 3.63) is 0 Å². The van der Waals surface area contributed by atoms with Crippen molar-refractivity contribution in [2.45, 2.75) is 25.9 Å². The monoisotopic (exact) mass is 229 g/mol. The highest BCUT2D eigenvalue weighted by atomic mass is 16.5. The van der Waals surface area contributed by atoms with Crippen LogP contribution in [0.4, 0.5) is 0 Å². The fourth-order valence-corrected chi connectivity index (χ4v) is 2.01. The number of methoxy groups -OCH3 is 1. The zero-order chi connectivity index (χ0) is 12.0. The summed E-state index contributed by atoms with van der Waals surface area (Å²) in [5.41, 5.74) is 0. The predicted molar refractivity (Wildman–Crippen MR) is 63.4 cm³/mol. The summed E-state index contributed by atoms with van der Waals surface area (Å²) < 4.78 is 4.90. The summed E-state index contributed by atoms with van der Waals surface area (Å²) in [6.07, 6.45) is 0. The van der Waals surface area contributed by atoms with Crippen LogP contribution in [0.1, 0.15) is 13.8 Å². The number of amides is 1. The minimum atomic E-state index is -0.0612. The van der Waals surface area contributed by atoms with Crippen LogP contribution in [0.2, 0.25) is 0 Å². The van der Waals surface area contributed by atoms with Crippen LogP contribution in [-0.4, -0.2) is 62.8 Å². The highest BCUT2D eigenvalue weighted by Crippen LogP contribution is 2.07. The summed E-state index contributed by atoms with van der Waals surface area (Å²) in [6.45, 7) is 8.10. The SMILES string of the molecule is COCCNC(=O)C(C)N1CCNCC1C. The normalized spacial score (nSPS) is 24.1. The van der Waals surface area contributed by atoms with Gasteiger partial charge >= 0.3 is 0 Å². The van der Waals surface area contributed by atoms with Crippen LogP contribution in [0.3, 0.4) is 0 Å². The van der Waals surface area contributed by atoms with Gasteiger partial charge in [0.25, 0.3) is 0 Å². The molecule has 1 heterocycles. The molecule has 0 aromatic carbocycles. The number of ether oxygens (including phenoxy) is 1. The van der Waals surface area contributed by atoms with Gasteiger partial charge in [-0.25, -0.2) is 0 Å². The maximum absolute atomic E-state index is 11.8. The van der Waals surface area contributed by atoms with Crippen LogP contribution in [0, 0.1) is 0 Å². The Morgan fingerprint density at radius 2 is 2.44 bits per heavy atom. The Hall–Kier alpha value is -0.650. The Balaban J connectivity index is 2.36. The molecule has 1 fully saturated rings. The van der Waals surface area contributed by atoms with Crippen molar-refractivity contribution in [3.8, 4) is 0 Å². The second-order valence-corrected chi connectivity index (χ2v) is 4.25. The molecule has 0 aromatic heterocycles. The van der Waals surface area contributed by atoms with Crippen molar-refractivity contribution in [1.29, 1.82) is 0 Å². The third-order valence-corrected chi connectivity index (χ3v) is 3.04. The van der Waals surface area contributed by atoms with E-state index < -0.39 is 0 Å². The number of hydrogen-bond acceptors (Lipinski definition) is 4. The van der Waals surface area contributed by atoms with E-state index in [0.29, 0.717) is 19.2 Å². The molecule has 1 amide bonds. The fraction of sp³-hybridized carbons (Fsp3) is 0.909. The first-order valence-electron chi connectivity index (χ1n) is 5.90. The molecular weight excluding hydrogens is 206 g/mol. The van der Waals surface area contributed by atoms with Gasteiger partial charge in [-0.05, 0) is 13.8 Å². The standard InChI is InChI=1S/C11H23N3O2/c1-9-8-12-4-6-14(9)10(2)11(15)13-5-7-16-3/h9-10,12H,4-8H2,1-3H3,(H,13,15). The minimum absolute atomic E-state index is 0.0612. The van der Waals surface area contributed by atoms with E-state index in [4.69, 9.17) is 4.74 Å². The van der Waals surface area contributed by atoms with Crippen molar-refractivity contribution in [2.24, 2.45) is 0 Å². The summed E-state index contributed by atoms with van der Waals surface area (Å²) in [6, 6.07) is 0.353. The van der Waals surface area contributed by atoms with Crippen LogP contribution in [0.15, 0.2) is 0 Å². The second-order valence-electron chi connectivity index (χ2n) is 4.25. The van der Waals surface area contributed by atoms with Crippen LogP contribution in [0.25, 0.3) is 0 Å². The quantitative estimate of drug-likeness (QED) is 0.620. The smallest absolute Gasteiger partial charge is 0.237 e. The lowest BCUT2D eigenvalue weighted by Gasteiger charge is -2.37. The van der Waals surface area contributed by atoms with E-state index in [0.717, 1.165) is 19.6 Å². The van der Waals surface area contributed by atoms with Gasteiger partial charge in [0.05, 0.1) is 12.6 Å². The molecule has 0 aliphatic carbocycles. The number of carbonyl (C=O) groups is 1. The number of rotatable bonds is 5. The van der Waals surface area contributed by atoms with E-state index in [2.05, 4.69) is 22.5 Å². The largest absolute Gasteiger partial charge is 0.383 e. The molecule has 0 bridgehead atoms. The van der Waals surface area contributed by atoms with Gasteiger partial charge in [-0.15, -0.1) is 0 Å². The molecule has 5 nitrogen and oxygen atoms in total. The first-order valence-corrected chi connectivity index (χ1v) is 5.90. The van der Waals surface area contributed by atoms with E-state index in [1.54, 1.807) is 7.11 Å². The first-order chi connectivity index (χ1) is 7.66. The fourth-order valence-electron chi connectivity index (χ4n) is 2.01. The Labute approximate surface area is 97.5 Å². The lowest BCUT2D eigenvalue weighted by Crippen LogP contribution is -2.57. The molecule has 94 valence electrons. The van der Waals surface area contributed by atoms with Gasteiger partial charge in [0.2, 0.25) is 5.91 Å². The van der Waals surface area contributed by atoms with E-state index >= 15 is 0 Å². The Kier molecular flexibility index (Phi) is 5.73. The summed E-state index contributed by atoms with van der Waals surface area (Å²) in [5.74, 6) is 0.0887. The molecule has 1 saturated heterocycles. The van der Waals surface area contributed by atoms with Crippen LogP contribution >= 0.6 is 0 Å². The molecule has 1 aliphatic rings. The van der Waals surface area contributed by atoms with Crippen molar-refractivity contribution >= 4 is 5.91 Å². The molecular formula is C11H23N3O2. The maximum atomic E-state index is 11.8. The third kappa shape index (κ3) is 3.73. The number of hydrogen-bond donors (Lipinski definition) is 2. The molecule has 0 saturated carbocycles. The van der Waals surface area contributed by atoms with Crippen molar-refractivity contribution in [3.63, 3.8) is 0 Å². The summed E-state index contributed by atoms with van der Waals surface area (Å²) in [5, 5.41) is 6.19. The molecule has 2 atom stereocenters. The minimum Gasteiger partial charge on any atom is -0.383 e. The third-order valence-electron chi connectivity index (χ3n) is 3.04. The van der Waals surface area contributed by atoms with Crippen molar-refractivity contribution in [2.75, 3.05) is 39.9 Å². The van der Waals surface area contributed by atoms with E-state index in [1.165, 1.54) is 0 Å². The number of piperazine rings is 1. The van der Waals surface area contributed by atoms with Crippen LogP contribution in [-0.2, 0) is 9.53 Å². The molecule has 0 radical (unpaired) electrons. The van der Waals surface area contributed by atoms with Gasteiger partial charge in [0, 0.05) is 39.3 Å². The molecule has 1 aliphatic heterocycles. The van der Waals surface area contributed by atoms with Crippen molar-refractivity contribution in [1.82, 2.24) is 15.5 Å². The lowest BCUT2D eigenvalue weighted by atomic mass is 10.1. The summed E-state index contributed by atoms with van der Waals surface area (Å²) in [4.78, 5) is 14.1. The number of carbonyl (C=O) groups excluding carboxylic acids is 1. The molecule has 0 spiro atoms. The van der Waals surface area contributed by atoms with Crippen molar-refractivity contribution < 1.29 is 9.53 Å². The van der Waals surface area contributed by atoms with Gasteiger partial charge < -0.3 is 15.4 Å². The Morgan fingerprint density at radius 1 is 1.69 bits per heavy atom. The highest BCUT2D eigenvalue weighted by molar-refractivity contribution is 5.81. The Morgan fingerprint density at radius 3 is 3.06 bits per heavy atom. The second kappa shape index (κ2) is 6.83. The number of nitrogens with one attached hydrogen (secondary N) is 2. The molecule has 16 heavy (non-hydrogen) atoms. The van der Waals surface area contributed by atoms with E-state index in [-0.39, 0.29) is 11.9 Å². The zero-order valence-electron chi connectivity index (χ0n) is 10.5. The first kappa shape index (κ1) is 13.4. The molecule has 0 aromatic rings. The van der Waals surface area contributed by atoms with Gasteiger partial charge in [0.1, 0.15) is 0 Å². The maximum Gasteiger partial charge on any atom is 0.237 e. The van der Waals surface area contributed by atoms with Crippen LogP contribution < -0.4 is 10.6 Å².